The highest BCUT2D eigenvalue weighted by Gasteiger charge is 2.60. The fourth-order valence-corrected chi connectivity index (χ4v) is 6.14. The van der Waals surface area contributed by atoms with E-state index in [1.807, 2.05) is 52.0 Å². The maximum atomic E-state index is 15.5. The van der Waals surface area contributed by atoms with Crippen LogP contribution in [0.15, 0.2) is 29.8 Å². The van der Waals surface area contributed by atoms with Crippen LogP contribution in [-0.4, -0.2) is 69.2 Å². The van der Waals surface area contributed by atoms with Gasteiger partial charge in [-0.15, -0.1) is 11.3 Å². The number of hydrogen-bond acceptors (Lipinski definition) is 6. The number of thiazole rings is 1. The van der Waals surface area contributed by atoms with Crippen LogP contribution in [0.5, 0.6) is 0 Å². The molecular formula is C31H40FN5O4S. The van der Waals surface area contributed by atoms with Gasteiger partial charge in [-0.05, 0) is 28.9 Å². The van der Waals surface area contributed by atoms with Crippen molar-refractivity contribution >= 4 is 29.1 Å². The van der Waals surface area contributed by atoms with E-state index in [1.54, 1.807) is 37.6 Å². The monoisotopic (exact) mass is 597 g/mol. The molecule has 0 unspecified atom stereocenters. The van der Waals surface area contributed by atoms with Gasteiger partial charge in [-0.1, -0.05) is 65.8 Å². The first-order valence-corrected chi connectivity index (χ1v) is 15.0. The molecule has 0 bridgehead atoms. The standard InChI is InChI=1S/C31H40FN5O4S/c1-17-23(42-16-34-17)18-9-11-19(12-10-18)24(29(2,3)4)35-26(39)22-21(32)20(38)15-37(22)27(40)25(30(5,6)7)36-28(41)31(33-8)13-14-31/h9-12,16,20-22,24-25,38H,13-15H2,1-7H3,(H,35,39)(H,36,41)/t20-,21-,22-,24+,25+/m0/s1. The van der Waals surface area contributed by atoms with Crippen LogP contribution in [0.25, 0.3) is 15.3 Å². The average molecular weight is 598 g/mol. The number of nitrogens with zero attached hydrogens (tertiary/aromatic N) is 3. The van der Waals surface area contributed by atoms with Crippen molar-refractivity contribution in [1.29, 1.82) is 0 Å². The molecule has 3 amide bonds. The summed E-state index contributed by atoms with van der Waals surface area (Å²) in [6.45, 7) is 20.0. The molecule has 226 valence electrons. The third-order valence-electron chi connectivity index (χ3n) is 8.09. The fraction of sp³-hybridized carbons (Fsp3) is 0.581. The third-order valence-corrected chi connectivity index (χ3v) is 9.07. The number of rotatable bonds is 7. The van der Waals surface area contributed by atoms with E-state index in [9.17, 15) is 19.5 Å². The number of aliphatic hydroxyl groups excluding tert-OH is 1. The zero-order chi connectivity index (χ0) is 31.2. The number of aryl methyl sites for hydroxylation is 1. The largest absolute Gasteiger partial charge is 0.388 e. The topological polar surface area (TPSA) is 116 Å². The van der Waals surface area contributed by atoms with Gasteiger partial charge >= 0.3 is 11.4 Å². The molecule has 0 spiro atoms. The molecule has 1 saturated carbocycles. The summed E-state index contributed by atoms with van der Waals surface area (Å²) in [5.41, 5.74) is 2.06. The van der Waals surface area contributed by atoms with Gasteiger partial charge in [0.05, 0.1) is 28.7 Å². The maximum Gasteiger partial charge on any atom is 0.309 e. The lowest BCUT2D eigenvalue weighted by atomic mass is 9.81. The maximum absolute atomic E-state index is 15.5. The van der Waals surface area contributed by atoms with Gasteiger partial charge in [0.25, 0.3) is 0 Å². The van der Waals surface area contributed by atoms with Crippen LogP contribution < -0.4 is 10.6 Å². The number of hydrogen-bond donors (Lipinski definition) is 3. The van der Waals surface area contributed by atoms with Gasteiger partial charge in [0.2, 0.25) is 11.8 Å². The van der Waals surface area contributed by atoms with E-state index in [0.717, 1.165) is 26.6 Å². The van der Waals surface area contributed by atoms with Crippen molar-refractivity contribution in [3.8, 4) is 10.4 Å². The van der Waals surface area contributed by atoms with Gasteiger partial charge < -0.3 is 20.6 Å². The molecule has 2 fully saturated rings. The quantitative estimate of drug-likeness (QED) is 0.414. The Bertz CT molecular complexity index is 1380. The van der Waals surface area contributed by atoms with Gasteiger partial charge in [0.1, 0.15) is 18.2 Å². The van der Waals surface area contributed by atoms with Crippen LogP contribution >= 0.6 is 11.3 Å². The second-order valence-electron chi connectivity index (χ2n) is 13.6. The van der Waals surface area contributed by atoms with Crippen LogP contribution in [0, 0.1) is 24.3 Å². The summed E-state index contributed by atoms with van der Waals surface area (Å²) < 4.78 is 15.5. The number of amides is 3. The van der Waals surface area contributed by atoms with Crippen molar-refractivity contribution in [2.45, 2.75) is 97.2 Å². The molecular weight excluding hydrogens is 557 g/mol. The van der Waals surface area contributed by atoms with Gasteiger partial charge in [-0.2, -0.15) is 0 Å². The number of nitrogens with one attached hydrogen (secondary N) is 2. The molecule has 1 aliphatic heterocycles. The molecule has 1 aromatic carbocycles. The van der Waals surface area contributed by atoms with Gasteiger partial charge in [0, 0.05) is 12.8 Å². The van der Waals surface area contributed by atoms with Crippen molar-refractivity contribution in [2.24, 2.45) is 10.8 Å². The molecule has 42 heavy (non-hydrogen) atoms. The Morgan fingerprint density at radius 1 is 1.12 bits per heavy atom. The normalized spacial score (nSPS) is 23.0. The highest BCUT2D eigenvalue weighted by molar-refractivity contribution is 7.13. The summed E-state index contributed by atoms with van der Waals surface area (Å²) in [7, 11) is 0. The summed E-state index contributed by atoms with van der Waals surface area (Å²) in [6.07, 6.45) is -2.76. The minimum atomic E-state index is -2.01. The number of likely N-dealkylation sites (tertiary alicyclic amines) is 1. The second-order valence-corrected chi connectivity index (χ2v) is 14.4. The Balaban J connectivity index is 1.59. The minimum Gasteiger partial charge on any atom is -0.388 e. The molecule has 2 aliphatic rings. The number of β-amino-alcohol motifs (C(OH)–C–C–N with tert-alkyl or cyclic N) is 1. The number of carbonyl (C=O) groups excluding carboxylic acids is 3. The lowest BCUT2D eigenvalue weighted by Gasteiger charge is -2.37. The lowest BCUT2D eigenvalue weighted by molar-refractivity contribution is -0.145. The zero-order valence-corrected chi connectivity index (χ0v) is 26.0. The van der Waals surface area contributed by atoms with Crippen molar-refractivity contribution in [1.82, 2.24) is 20.5 Å². The van der Waals surface area contributed by atoms with Gasteiger partial charge in [-0.25, -0.2) is 15.9 Å². The Kier molecular flexibility index (Phi) is 8.55. The SMILES string of the molecule is [C-]#[N+]C1(C(=O)N[C@H](C(=O)N2C[C@H](O)[C@H](F)[C@H]2C(=O)N[C@H](c2ccc(-c3scnc3C)cc2)C(C)(C)C)C(C)(C)C)CC1. The number of aliphatic hydroxyl groups is 1. The van der Waals surface area contributed by atoms with Crippen molar-refractivity contribution in [3.63, 3.8) is 0 Å². The van der Waals surface area contributed by atoms with Crippen LogP contribution in [0.2, 0.25) is 0 Å². The van der Waals surface area contributed by atoms with Gasteiger partial charge in [0.15, 0.2) is 6.17 Å². The summed E-state index contributed by atoms with van der Waals surface area (Å²) in [5.74, 6) is -1.95. The van der Waals surface area contributed by atoms with Crippen molar-refractivity contribution < 1.29 is 23.9 Å². The molecule has 4 rings (SSSR count). The Morgan fingerprint density at radius 3 is 2.21 bits per heavy atom. The summed E-state index contributed by atoms with van der Waals surface area (Å²) in [6, 6.07) is 4.50. The van der Waals surface area contributed by atoms with E-state index in [4.69, 9.17) is 6.57 Å². The zero-order valence-electron chi connectivity index (χ0n) is 25.2. The predicted molar refractivity (Wildman–Crippen MR) is 159 cm³/mol. The molecule has 11 heteroatoms. The lowest BCUT2D eigenvalue weighted by Crippen LogP contribution is -2.60. The number of alkyl halides is 1. The van der Waals surface area contributed by atoms with E-state index >= 15 is 4.39 Å². The molecule has 2 aromatic rings. The minimum absolute atomic E-state index is 0.391. The van der Waals surface area contributed by atoms with Crippen LogP contribution in [0.1, 0.15) is 71.7 Å². The number of halogens is 1. The summed E-state index contributed by atoms with van der Waals surface area (Å²) in [4.78, 5) is 50.4. The van der Waals surface area contributed by atoms with Crippen LogP contribution in [-0.2, 0) is 14.4 Å². The first-order valence-electron chi connectivity index (χ1n) is 14.1. The third kappa shape index (κ3) is 6.20. The molecule has 1 aliphatic carbocycles. The predicted octanol–water partition coefficient (Wildman–Crippen LogP) is 4.21. The Labute approximate surface area is 250 Å². The Hall–Kier alpha value is -3.36. The molecule has 3 N–H and O–H groups in total. The van der Waals surface area contributed by atoms with E-state index in [1.165, 1.54) is 0 Å². The molecule has 0 radical (unpaired) electrons. The molecule has 5 atom stereocenters. The number of benzene rings is 1. The first-order chi connectivity index (χ1) is 19.5. The summed E-state index contributed by atoms with van der Waals surface area (Å²) in [5, 5.41) is 16.1. The van der Waals surface area contributed by atoms with E-state index in [2.05, 4.69) is 20.5 Å². The van der Waals surface area contributed by atoms with Crippen molar-refractivity contribution in [3.05, 3.63) is 52.5 Å². The van der Waals surface area contributed by atoms with Crippen LogP contribution in [0.3, 0.4) is 0 Å². The number of carbonyl (C=O) groups is 3. The van der Waals surface area contributed by atoms with E-state index < -0.39 is 71.0 Å². The van der Waals surface area contributed by atoms with Crippen LogP contribution in [0.4, 0.5) is 4.39 Å². The average Bonchev–Trinajstić information content (AvgIpc) is 3.51. The van der Waals surface area contributed by atoms with Gasteiger partial charge in [-0.3, -0.25) is 19.2 Å². The Morgan fingerprint density at radius 2 is 1.74 bits per heavy atom. The molecule has 2 heterocycles. The fourth-order valence-electron chi connectivity index (χ4n) is 5.33. The smallest absolute Gasteiger partial charge is 0.309 e. The number of aromatic nitrogens is 1. The first kappa shape index (κ1) is 31.6. The molecule has 1 saturated heterocycles. The highest BCUT2D eigenvalue weighted by atomic mass is 32.1. The van der Waals surface area contributed by atoms with Crippen molar-refractivity contribution in [2.75, 3.05) is 6.54 Å². The molecule has 9 nitrogen and oxygen atoms in total. The summed E-state index contributed by atoms with van der Waals surface area (Å²) >= 11 is 1.54. The highest BCUT2D eigenvalue weighted by Crippen LogP contribution is 2.41. The van der Waals surface area contributed by atoms with E-state index in [0.29, 0.717) is 12.8 Å². The van der Waals surface area contributed by atoms with E-state index in [-0.39, 0.29) is 0 Å². The second kappa shape index (κ2) is 11.4. The molecule has 1 aromatic heterocycles.